The van der Waals surface area contributed by atoms with Gasteiger partial charge in [-0.05, 0) is 51.4 Å². The number of rotatable bonds is 6. The largest absolute Gasteiger partial charge is 0.397 e. The van der Waals surface area contributed by atoms with Crippen LogP contribution in [-0.4, -0.2) is 29.9 Å². The maximum Gasteiger partial charge on any atom is 0.238 e. The number of carbonyl (C=O) groups excluding carboxylic acids is 1. The van der Waals surface area contributed by atoms with Gasteiger partial charge in [-0.1, -0.05) is 13.0 Å². The number of carbonyl (C=O) groups is 1. The standard InChI is InChI=1S/C15H25N3O/c1-5-8-18(11(2)3)10-15(19)17-14-7-6-12(4)9-13(14)16/h6-7,9,11H,5,8,10,16H2,1-4H3,(H,17,19). The van der Waals surface area contributed by atoms with E-state index in [1.807, 2.05) is 25.1 Å². The third kappa shape index (κ3) is 4.91. The Bertz CT molecular complexity index is 429. The second-order valence-corrected chi connectivity index (χ2v) is 5.20. The zero-order valence-corrected chi connectivity index (χ0v) is 12.4. The predicted molar refractivity (Wildman–Crippen MR) is 81.2 cm³/mol. The average Bonchev–Trinajstić information content (AvgIpc) is 2.32. The van der Waals surface area contributed by atoms with E-state index in [2.05, 4.69) is 31.0 Å². The van der Waals surface area contributed by atoms with Crippen molar-refractivity contribution < 1.29 is 4.79 Å². The summed E-state index contributed by atoms with van der Waals surface area (Å²) in [5, 5.41) is 2.88. The summed E-state index contributed by atoms with van der Waals surface area (Å²) in [6.45, 7) is 9.62. The molecule has 1 amide bonds. The molecule has 1 aromatic carbocycles. The van der Waals surface area contributed by atoms with Crippen LogP contribution in [0.1, 0.15) is 32.8 Å². The van der Waals surface area contributed by atoms with E-state index in [1.165, 1.54) is 0 Å². The molecule has 1 aromatic rings. The fourth-order valence-electron chi connectivity index (χ4n) is 1.98. The Morgan fingerprint density at radius 1 is 1.42 bits per heavy atom. The molecule has 4 nitrogen and oxygen atoms in total. The molecule has 0 saturated carbocycles. The van der Waals surface area contributed by atoms with E-state index in [0.717, 1.165) is 18.5 Å². The van der Waals surface area contributed by atoms with E-state index >= 15 is 0 Å². The summed E-state index contributed by atoms with van der Waals surface area (Å²) in [4.78, 5) is 14.2. The Kier molecular flexibility index (Phi) is 5.83. The Balaban J connectivity index is 2.63. The van der Waals surface area contributed by atoms with Gasteiger partial charge in [0.25, 0.3) is 0 Å². The summed E-state index contributed by atoms with van der Waals surface area (Å²) in [7, 11) is 0. The SMILES string of the molecule is CCCN(CC(=O)Nc1ccc(C)cc1N)C(C)C. The first-order valence-corrected chi connectivity index (χ1v) is 6.84. The van der Waals surface area contributed by atoms with Gasteiger partial charge in [0.1, 0.15) is 0 Å². The van der Waals surface area contributed by atoms with Crippen LogP contribution in [0, 0.1) is 6.92 Å². The first-order valence-electron chi connectivity index (χ1n) is 6.84. The fraction of sp³-hybridized carbons (Fsp3) is 0.533. The highest BCUT2D eigenvalue weighted by Gasteiger charge is 2.13. The van der Waals surface area contributed by atoms with Gasteiger partial charge in [0.2, 0.25) is 5.91 Å². The van der Waals surface area contributed by atoms with E-state index < -0.39 is 0 Å². The maximum absolute atomic E-state index is 12.0. The van der Waals surface area contributed by atoms with Crippen LogP contribution in [0.5, 0.6) is 0 Å². The summed E-state index contributed by atoms with van der Waals surface area (Å²) < 4.78 is 0. The molecule has 1 rings (SSSR count). The number of nitrogens with two attached hydrogens (primary N) is 1. The highest BCUT2D eigenvalue weighted by Crippen LogP contribution is 2.19. The molecule has 3 N–H and O–H groups in total. The molecule has 0 spiro atoms. The summed E-state index contributed by atoms with van der Waals surface area (Å²) in [6.07, 6.45) is 1.04. The number of amides is 1. The van der Waals surface area contributed by atoms with Crippen molar-refractivity contribution >= 4 is 17.3 Å². The van der Waals surface area contributed by atoms with Crippen LogP contribution in [0.15, 0.2) is 18.2 Å². The molecule has 0 saturated heterocycles. The predicted octanol–water partition coefficient (Wildman–Crippen LogP) is 2.64. The van der Waals surface area contributed by atoms with Gasteiger partial charge in [0.05, 0.1) is 17.9 Å². The number of hydrogen-bond donors (Lipinski definition) is 2. The van der Waals surface area contributed by atoms with Crippen LogP contribution in [0.25, 0.3) is 0 Å². The van der Waals surface area contributed by atoms with Crippen molar-refractivity contribution in [2.75, 3.05) is 24.1 Å². The van der Waals surface area contributed by atoms with Crippen LogP contribution in [0.4, 0.5) is 11.4 Å². The second kappa shape index (κ2) is 7.14. The van der Waals surface area contributed by atoms with E-state index in [-0.39, 0.29) is 5.91 Å². The van der Waals surface area contributed by atoms with E-state index in [4.69, 9.17) is 5.73 Å². The zero-order valence-electron chi connectivity index (χ0n) is 12.4. The zero-order chi connectivity index (χ0) is 14.4. The maximum atomic E-state index is 12.0. The Morgan fingerprint density at radius 3 is 2.63 bits per heavy atom. The van der Waals surface area contributed by atoms with Crippen molar-refractivity contribution in [2.24, 2.45) is 0 Å². The second-order valence-electron chi connectivity index (χ2n) is 5.20. The van der Waals surface area contributed by atoms with Gasteiger partial charge in [0.15, 0.2) is 0 Å². The Hall–Kier alpha value is -1.55. The topological polar surface area (TPSA) is 58.4 Å². The van der Waals surface area contributed by atoms with Crippen molar-refractivity contribution in [2.45, 2.75) is 40.2 Å². The number of aryl methyl sites for hydroxylation is 1. The number of hydrogen-bond acceptors (Lipinski definition) is 3. The van der Waals surface area contributed by atoms with Crippen LogP contribution in [-0.2, 0) is 4.79 Å². The third-order valence-corrected chi connectivity index (χ3v) is 3.07. The first-order chi connectivity index (χ1) is 8.93. The van der Waals surface area contributed by atoms with Gasteiger partial charge in [-0.3, -0.25) is 9.69 Å². The molecular formula is C15H25N3O. The summed E-state index contributed by atoms with van der Waals surface area (Å²) in [5.74, 6) is -0.0160. The van der Waals surface area contributed by atoms with Crippen molar-refractivity contribution in [1.82, 2.24) is 4.90 Å². The van der Waals surface area contributed by atoms with Gasteiger partial charge in [0, 0.05) is 6.04 Å². The lowest BCUT2D eigenvalue weighted by molar-refractivity contribution is -0.117. The van der Waals surface area contributed by atoms with E-state index in [9.17, 15) is 4.79 Å². The third-order valence-electron chi connectivity index (χ3n) is 3.07. The molecule has 4 heteroatoms. The number of nitrogen functional groups attached to an aromatic ring is 1. The lowest BCUT2D eigenvalue weighted by Gasteiger charge is -2.25. The Morgan fingerprint density at radius 2 is 2.11 bits per heavy atom. The summed E-state index contributed by atoms with van der Waals surface area (Å²) in [5.41, 5.74) is 8.28. The molecule has 0 fully saturated rings. The minimum atomic E-state index is -0.0160. The van der Waals surface area contributed by atoms with Crippen molar-refractivity contribution in [3.05, 3.63) is 23.8 Å². The van der Waals surface area contributed by atoms with Crippen molar-refractivity contribution in [3.63, 3.8) is 0 Å². The van der Waals surface area contributed by atoms with Gasteiger partial charge >= 0.3 is 0 Å². The average molecular weight is 263 g/mol. The molecule has 0 atom stereocenters. The molecule has 106 valence electrons. The van der Waals surface area contributed by atoms with Crippen molar-refractivity contribution in [1.29, 1.82) is 0 Å². The van der Waals surface area contributed by atoms with E-state index in [0.29, 0.717) is 24.0 Å². The Labute approximate surface area is 116 Å². The molecule has 0 aromatic heterocycles. The number of benzene rings is 1. The minimum absolute atomic E-state index is 0.0160. The molecule has 0 radical (unpaired) electrons. The van der Waals surface area contributed by atoms with Crippen LogP contribution < -0.4 is 11.1 Å². The number of nitrogens with one attached hydrogen (secondary N) is 1. The molecule has 0 aliphatic carbocycles. The highest BCUT2D eigenvalue weighted by atomic mass is 16.2. The molecule has 0 unspecified atom stereocenters. The molecule has 0 aliphatic heterocycles. The van der Waals surface area contributed by atoms with Crippen LogP contribution in [0.2, 0.25) is 0 Å². The highest BCUT2D eigenvalue weighted by molar-refractivity contribution is 5.95. The van der Waals surface area contributed by atoms with Gasteiger partial charge in [-0.15, -0.1) is 0 Å². The fourth-order valence-corrected chi connectivity index (χ4v) is 1.98. The van der Waals surface area contributed by atoms with Gasteiger partial charge in [-0.2, -0.15) is 0 Å². The first kappa shape index (κ1) is 15.5. The molecule has 0 aliphatic rings. The monoisotopic (exact) mass is 263 g/mol. The quantitative estimate of drug-likeness (QED) is 0.776. The smallest absolute Gasteiger partial charge is 0.238 e. The molecular weight excluding hydrogens is 238 g/mol. The van der Waals surface area contributed by atoms with Crippen LogP contribution >= 0.6 is 0 Å². The lowest BCUT2D eigenvalue weighted by Crippen LogP contribution is -2.38. The molecule has 19 heavy (non-hydrogen) atoms. The van der Waals surface area contributed by atoms with E-state index in [1.54, 1.807) is 0 Å². The normalized spacial score (nSPS) is 11.1. The number of nitrogens with zero attached hydrogens (tertiary/aromatic N) is 1. The minimum Gasteiger partial charge on any atom is -0.397 e. The lowest BCUT2D eigenvalue weighted by atomic mass is 10.2. The number of anilines is 2. The molecule has 0 heterocycles. The summed E-state index contributed by atoms with van der Waals surface area (Å²) >= 11 is 0. The van der Waals surface area contributed by atoms with Gasteiger partial charge < -0.3 is 11.1 Å². The van der Waals surface area contributed by atoms with Gasteiger partial charge in [-0.25, -0.2) is 0 Å². The van der Waals surface area contributed by atoms with Crippen molar-refractivity contribution in [3.8, 4) is 0 Å². The van der Waals surface area contributed by atoms with Crippen LogP contribution in [0.3, 0.4) is 0 Å². The summed E-state index contributed by atoms with van der Waals surface area (Å²) in [6, 6.07) is 6.02. The molecule has 0 bridgehead atoms.